The second-order valence-corrected chi connectivity index (χ2v) is 4.55. The normalized spacial score (nSPS) is 26.0. The molecule has 0 unspecified atom stereocenters. The van der Waals surface area contributed by atoms with Gasteiger partial charge in [-0.1, -0.05) is 30.3 Å². The zero-order valence-electron chi connectivity index (χ0n) is 10.6. The van der Waals surface area contributed by atoms with E-state index in [4.69, 9.17) is 9.47 Å². The maximum absolute atomic E-state index is 5.69. The summed E-state index contributed by atoms with van der Waals surface area (Å²) >= 11 is 0. The SMILES string of the molecule is COC[C@@H]1[C@@H](C)OCCN1Cc1ccccc1. The molecule has 1 aromatic carbocycles. The third kappa shape index (κ3) is 3.28. The van der Waals surface area contributed by atoms with Crippen LogP contribution in [0.5, 0.6) is 0 Å². The molecule has 0 N–H and O–H groups in total. The van der Waals surface area contributed by atoms with Gasteiger partial charge in [0, 0.05) is 20.2 Å². The van der Waals surface area contributed by atoms with E-state index in [0.717, 1.165) is 26.3 Å². The van der Waals surface area contributed by atoms with E-state index < -0.39 is 0 Å². The zero-order chi connectivity index (χ0) is 12.1. The van der Waals surface area contributed by atoms with Gasteiger partial charge in [0.15, 0.2) is 0 Å². The second-order valence-electron chi connectivity index (χ2n) is 4.55. The standard InChI is InChI=1S/C14H21NO2/c1-12-14(11-16-2)15(8-9-17-12)10-13-6-4-3-5-7-13/h3-7,12,14H,8-11H2,1-2H3/t12-,14-/m1/s1. The van der Waals surface area contributed by atoms with E-state index in [1.807, 2.05) is 0 Å². The molecule has 0 aliphatic carbocycles. The molecule has 0 saturated carbocycles. The summed E-state index contributed by atoms with van der Waals surface area (Å²) in [5.74, 6) is 0. The number of benzene rings is 1. The fourth-order valence-electron chi connectivity index (χ4n) is 2.36. The molecule has 3 nitrogen and oxygen atoms in total. The first-order valence-corrected chi connectivity index (χ1v) is 6.20. The van der Waals surface area contributed by atoms with Gasteiger partial charge >= 0.3 is 0 Å². The van der Waals surface area contributed by atoms with Crippen LogP contribution in [0.15, 0.2) is 30.3 Å². The molecule has 1 aromatic rings. The number of ether oxygens (including phenoxy) is 2. The summed E-state index contributed by atoms with van der Waals surface area (Å²) in [5.41, 5.74) is 1.35. The van der Waals surface area contributed by atoms with Crippen LogP contribution in [-0.4, -0.2) is 43.9 Å². The van der Waals surface area contributed by atoms with E-state index in [9.17, 15) is 0 Å². The van der Waals surface area contributed by atoms with Gasteiger partial charge in [-0.25, -0.2) is 0 Å². The molecule has 0 spiro atoms. The van der Waals surface area contributed by atoms with Crippen molar-refractivity contribution in [3.05, 3.63) is 35.9 Å². The van der Waals surface area contributed by atoms with E-state index in [2.05, 4.69) is 42.2 Å². The van der Waals surface area contributed by atoms with Crippen molar-refractivity contribution >= 4 is 0 Å². The molecule has 2 rings (SSSR count). The predicted molar refractivity (Wildman–Crippen MR) is 67.9 cm³/mol. The van der Waals surface area contributed by atoms with Crippen molar-refractivity contribution in [3.63, 3.8) is 0 Å². The average Bonchev–Trinajstić information content (AvgIpc) is 2.35. The van der Waals surface area contributed by atoms with Gasteiger partial charge in [0.2, 0.25) is 0 Å². The Morgan fingerprint density at radius 2 is 2.12 bits per heavy atom. The van der Waals surface area contributed by atoms with Crippen molar-refractivity contribution in [2.24, 2.45) is 0 Å². The van der Waals surface area contributed by atoms with Crippen LogP contribution in [0, 0.1) is 0 Å². The van der Waals surface area contributed by atoms with Crippen molar-refractivity contribution in [1.82, 2.24) is 4.90 Å². The summed E-state index contributed by atoms with van der Waals surface area (Å²) in [7, 11) is 1.75. The molecule has 1 saturated heterocycles. The minimum Gasteiger partial charge on any atom is -0.383 e. The summed E-state index contributed by atoms with van der Waals surface area (Å²) in [6, 6.07) is 10.9. The average molecular weight is 235 g/mol. The van der Waals surface area contributed by atoms with Crippen molar-refractivity contribution in [2.75, 3.05) is 26.9 Å². The van der Waals surface area contributed by atoms with E-state index in [-0.39, 0.29) is 6.10 Å². The first kappa shape index (κ1) is 12.6. The summed E-state index contributed by atoms with van der Waals surface area (Å²) < 4.78 is 11.0. The van der Waals surface area contributed by atoms with Crippen LogP contribution in [0.1, 0.15) is 12.5 Å². The van der Waals surface area contributed by atoms with Crippen LogP contribution >= 0.6 is 0 Å². The summed E-state index contributed by atoms with van der Waals surface area (Å²) in [6.45, 7) is 5.62. The van der Waals surface area contributed by atoms with Crippen LogP contribution in [0.2, 0.25) is 0 Å². The third-order valence-electron chi connectivity index (χ3n) is 3.34. The highest BCUT2D eigenvalue weighted by Gasteiger charge is 2.28. The van der Waals surface area contributed by atoms with E-state index >= 15 is 0 Å². The number of nitrogens with zero attached hydrogens (tertiary/aromatic N) is 1. The lowest BCUT2D eigenvalue weighted by Gasteiger charge is -2.39. The summed E-state index contributed by atoms with van der Waals surface area (Å²) in [5, 5.41) is 0. The van der Waals surface area contributed by atoms with Gasteiger partial charge in [0.05, 0.1) is 25.4 Å². The summed E-state index contributed by atoms with van der Waals surface area (Å²) in [6.07, 6.45) is 0.243. The topological polar surface area (TPSA) is 21.7 Å². The molecule has 1 aliphatic heterocycles. The highest BCUT2D eigenvalue weighted by Crippen LogP contribution is 2.17. The molecule has 1 heterocycles. The Bertz CT molecular complexity index is 328. The second kappa shape index (κ2) is 6.15. The number of morpholine rings is 1. The monoisotopic (exact) mass is 235 g/mol. The lowest BCUT2D eigenvalue weighted by molar-refractivity contribution is -0.0856. The Hall–Kier alpha value is -0.900. The van der Waals surface area contributed by atoms with Crippen molar-refractivity contribution in [1.29, 1.82) is 0 Å². The fraction of sp³-hybridized carbons (Fsp3) is 0.571. The first-order chi connectivity index (χ1) is 8.31. The number of rotatable bonds is 4. The Kier molecular flexibility index (Phi) is 4.54. The van der Waals surface area contributed by atoms with Gasteiger partial charge in [0.1, 0.15) is 0 Å². The van der Waals surface area contributed by atoms with Gasteiger partial charge in [-0.05, 0) is 12.5 Å². The van der Waals surface area contributed by atoms with Crippen LogP contribution in [0.4, 0.5) is 0 Å². The van der Waals surface area contributed by atoms with Gasteiger partial charge in [0.25, 0.3) is 0 Å². The molecular weight excluding hydrogens is 214 g/mol. The minimum atomic E-state index is 0.243. The molecule has 0 bridgehead atoms. The summed E-state index contributed by atoms with van der Waals surface area (Å²) in [4.78, 5) is 2.45. The van der Waals surface area contributed by atoms with Gasteiger partial charge < -0.3 is 9.47 Å². The molecule has 2 atom stereocenters. The number of hydrogen-bond acceptors (Lipinski definition) is 3. The predicted octanol–water partition coefficient (Wildman–Crippen LogP) is 1.92. The van der Waals surface area contributed by atoms with Crippen molar-refractivity contribution < 1.29 is 9.47 Å². The molecular formula is C14H21NO2. The maximum atomic E-state index is 5.69. The van der Waals surface area contributed by atoms with E-state index in [0.29, 0.717) is 6.04 Å². The number of hydrogen-bond donors (Lipinski definition) is 0. The Morgan fingerprint density at radius 3 is 2.82 bits per heavy atom. The molecule has 1 fully saturated rings. The lowest BCUT2D eigenvalue weighted by Crippen LogP contribution is -2.51. The maximum Gasteiger partial charge on any atom is 0.0725 e. The Labute approximate surface area is 103 Å². The van der Waals surface area contributed by atoms with Gasteiger partial charge in [-0.3, -0.25) is 4.90 Å². The number of methoxy groups -OCH3 is 1. The quantitative estimate of drug-likeness (QED) is 0.796. The smallest absolute Gasteiger partial charge is 0.0725 e. The highest BCUT2D eigenvalue weighted by molar-refractivity contribution is 5.14. The largest absolute Gasteiger partial charge is 0.383 e. The van der Waals surface area contributed by atoms with Gasteiger partial charge in [-0.15, -0.1) is 0 Å². The molecule has 94 valence electrons. The van der Waals surface area contributed by atoms with Crippen LogP contribution < -0.4 is 0 Å². The van der Waals surface area contributed by atoms with Crippen LogP contribution in [0.3, 0.4) is 0 Å². The first-order valence-electron chi connectivity index (χ1n) is 6.20. The van der Waals surface area contributed by atoms with Gasteiger partial charge in [-0.2, -0.15) is 0 Å². The molecule has 0 amide bonds. The third-order valence-corrected chi connectivity index (χ3v) is 3.34. The van der Waals surface area contributed by atoms with E-state index in [1.54, 1.807) is 7.11 Å². The molecule has 1 aliphatic rings. The highest BCUT2D eigenvalue weighted by atomic mass is 16.5. The molecule has 0 radical (unpaired) electrons. The zero-order valence-corrected chi connectivity index (χ0v) is 10.6. The van der Waals surface area contributed by atoms with Crippen LogP contribution in [0.25, 0.3) is 0 Å². The van der Waals surface area contributed by atoms with E-state index in [1.165, 1.54) is 5.56 Å². The minimum absolute atomic E-state index is 0.243. The Morgan fingerprint density at radius 1 is 1.35 bits per heavy atom. The molecule has 0 aromatic heterocycles. The molecule has 3 heteroatoms. The van der Waals surface area contributed by atoms with Crippen LogP contribution in [-0.2, 0) is 16.0 Å². The Balaban J connectivity index is 2.02. The van der Waals surface area contributed by atoms with Crippen molar-refractivity contribution in [3.8, 4) is 0 Å². The van der Waals surface area contributed by atoms with Crippen molar-refractivity contribution in [2.45, 2.75) is 25.6 Å². The lowest BCUT2D eigenvalue weighted by atomic mass is 10.1. The molecule has 17 heavy (non-hydrogen) atoms. The fourth-order valence-corrected chi connectivity index (χ4v) is 2.36.